The maximum absolute atomic E-state index is 13.8. The Kier molecular flexibility index (Phi) is 5.48. The average molecular weight is 423 g/mol. The lowest BCUT2D eigenvalue weighted by Gasteiger charge is -2.34. The summed E-state index contributed by atoms with van der Waals surface area (Å²) in [5, 5.41) is 2.80. The molecule has 162 valence electrons. The van der Waals surface area contributed by atoms with Gasteiger partial charge in [-0.1, -0.05) is 18.2 Å². The first-order chi connectivity index (χ1) is 15.1. The molecule has 3 aliphatic rings. The van der Waals surface area contributed by atoms with Gasteiger partial charge in [0.15, 0.2) is 0 Å². The number of halogens is 1. The van der Waals surface area contributed by atoms with E-state index in [0.29, 0.717) is 29.2 Å². The number of fused-ring (bicyclic) bond motifs is 2. The molecule has 1 N–H and O–H groups in total. The summed E-state index contributed by atoms with van der Waals surface area (Å²) in [4.78, 5) is 17.5. The van der Waals surface area contributed by atoms with Gasteiger partial charge in [-0.3, -0.25) is 14.6 Å². The monoisotopic (exact) mass is 423 g/mol. The molecule has 3 aliphatic heterocycles. The van der Waals surface area contributed by atoms with Crippen molar-refractivity contribution < 1.29 is 18.7 Å². The van der Waals surface area contributed by atoms with Gasteiger partial charge < -0.3 is 14.8 Å². The largest absolute Gasteiger partial charge is 0.487 e. The van der Waals surface area contributed by atoms with Gasteiger partial charge in [0.05, 0.1) is 12.2 Å². The van der Waals surface area contributed by atoms with Gasteiger partial charge in [-0.2, -0.15) is 0 Å². The zero-order valence-corrected chi connectivity index (χ0v) is 17.6. The number of anilines is 1. The van der Waals surface area contributed by atoms with E-state index in [2.05, 4.69) is 27.2 Å². The van der Waals surface area contributed by atoms with Crippen molar-refractivity contribution in [3.63, 3.8) is 0 Å². The number of carbonyl (C=O) groups is 1. The second-order valence-corrected chi connectivity index (χ2v) is 8.24. The van der Waals surface area contributed by atoms with Gasteiger partial charge in [0.2, 0.25) is 0 Å². The predicted molar refractivity (Wildman–Crippen MR) is 117 cm³/mol. The van der Waals surface area contributed by atoms with Gasteiger partial charge in [0.1, 0.15) is 18.2 Å². The van der Waals surface area contributed by atoms with Crippen LogP contribution in [-0.4, -0.2) is 62.1 Å². The fourth-order valence-electron chi connectivity index (χ4n) is 4.54. The molecular weight excluding hydrogens is 397 g/mol. The summed E-state index contributed by atoms with van der Waals surface area (Å²) >= 11 is 0. The van der Waals surface area contributed by atoms with Crippen LogP contribution in [0.15, 0.2) is 36.4 Å². The van der Waals surface area contributed by atoms with Crippen LogP contribution in [0.1, 0.15) is 22.3 Å². The molecule has 3 heterocycles. The molecule has 0 aromatic heterocycles. The van der Waals surface area contributed by atoms with Gasteiger partial charge in [-0.05, 0) is 23.8 Å². The van der Waals surface area contributed by atoms with Gasteiger partial charge >= 0.3 is 0 Å². The second kappa shape index (κ2) is 8.42. The Morgan fingerprint density at radius 3 is 2.68 bits per heavy atom. The molecule has 0 saturated carbocycles. The van der Waals surface area contributed by atoms with Crippen LogP contribution in [-0.2, 0) is 27.4 Å². The van der Waals surface area contributed by atoms with Crippen LogP contribution in [0.5, 0.6) is 0 Å². The number of piperazine rings is 1. The summed E-state index contributed by atoms with van der Waals surface area (Å²) in [5.74, 6) is -0.0849. The molecule has 0 bridgehead atoms. The average Bonchev–Trinajstić information content (AvgIpc) is 3.32. The summed E-state index contributed by atoms with van der Waals surface area (Å²) in [6, 6.07) is 10.6. The van der Waals surface area contributed by atoms with E-state index in [-0.39, 0.29) is 11.7 Å². The first kappa shape index (κ1) is 20.2. The molecule has 2 aromatic carbocycles. The lowest BCUT2D eigenvalue weighted by Crippen LogP contribution is -2.46. The molecule has 2 aromatic rings. The summed E-state index contributed by atoms with van der Waals surface area (Å²) in [6.07, 6.45) is 0. The molecule has 31 heavy (non-hydrogen) atoms. The first-order valence-electron chi connectivity index (χ1n) is 10.7. The smallest absolute Gasteiger partial charge is 0.260 e. The normalized spacial score (nSPS) is 21.0. The van der Waals surface area contributed by atoms with E-state index in [1.165, 1.54) is 17.7 Å². The highest BCUT2D eigenvalue weighted by Gasteiger charge is 2.33. The zero-order chi connectivity index (χ0) is 21.4. The van der Waals surface area contributed by atoms with E-state index >= 15 is 0 Å². The third kappa shape index (κ3) is 3.96. The zero-order valence-electron chi connectivity index (χ0n) is 17.6. The molecule has 0 spiro atoms. The highest BCUT2D eigenvalue weighted by Crippen LogP contribution is 2.42. The van der Waals surface area contributed by atoms with Crippen molar-refractivity contribution in [1.29, 1.82) is 0 Å². The lowest BCUT2D eigenvalue weighted by molar-refractivity contribution is -0.110. The number of ether oxygens (including phenoxy) is 2. The summed E-state index contributed by atoms with van der Waals surface area (Å²) in [6.45, 7) is 7.26. The molecular formula is C24H26FN3O3. The molecule has 1 fully saturated rings. The van der Waals surface area contributed by atoms with Crippen molar-refractivity contribution in [3.05, 3.63) is 64.5 Å². The fourth-order valence-corrected chi connectivity index (χ4v) is 4.54. The minimum Gasteiger partial charge on any atom is -0.487 e. The SMILES string of the molecule is COCCN1CCN(Cc2ccc3c(c2)COC3=C2C(=O)Nc3ccc(F)cc32)CC1. The standard InChI is InChI=1S/C24H26FN3O3/c1-30-11-10-27-6-8-28(9-7-27)14-16-2-4-19-17(12-16)15-31-23(19)22-20-13-18(25)3-5-21(20)26-24(22)29/h2-5,12-13H,6-11,14-15H2,1H3,(H,26,29). The molecule has 0 unspecified atom stereocenters. The van der Waals surface area contributed by atoms with E-state index in [0.717, 1.165) is 57.0 Å². The second-order valence-electron chi connectivity index (χ2n) is 8.24. The Hall–Kier alpha value is -2.74. The van der Waals surface area contributed by atoms with Crippen LogP contribution in [0.2, 0.25) is 0 Å². The molecule has 6 nitrogen and oxygen atoms in total. The number of benzene rings is 2. The Morgan fingerprint density at radius 2 is 1.87 bits per heavy atom. The van der Waals surface area contributed by atoms with Gasteiger partial charge in [-0.15, -0.1) is 0 Å². The molecule has 5 rings (SSSR count). The van der Waals surface area contributed by atoms with Crippen LogP contribution in [0, 0.1) is 5.82 Å². The summed E-state index contributed by atoms with van der Waals surface area (Å²) < 4.78 is 24.9. The van der Waals surface area contributed by atoms with Crippen molar-refractivity contribution in [3.8, 4) is 0 Å². The Morgan fingerprint density at radius 1 is 1.06 bits per heavy atom. The third-order valence-corrected chi connectivity index (χ3v) is 6.22. The van der Waals surface area contributed by atoms with E-state index in [1.807, 2.05) is 6.07 Å². The maximum Gasteiger partial charge on any atom is 0.260 e. The van der Waals surface area contributed by atoms with E-state index in [9.17, 15) is 9.18 Å². The number of nitrogens with zero attached hydrogens (tertiary/aromatic N) is 2. The summed E-state index contributed by atoms with van der Waals surface area (Å²) in [7, 11) is 1.74. The van der Waals surface area contributed by atoms with Crippen LogP contribution in [0.3, 0.4) is 0 Å². The predicted octanol–water partition coefficient (Wildman–Crippen LogP) is 2.94. The molecule has 7 heteroatoms. The Labute approximate surface area is 181 Å². The van der Waals surface area contributed by atoms with Crippen LogP contribution < -0.4 is 5.32 Å². The fraction of sp³-hybridized carbons (Fsp3) is 0.375. The minimum absolute atomic E-state index is 0.251. The maximum atomic E-state index is 13.8. The van der Waals surface area contributed by atoms with Crippen molar-refractivity contribution >= 4 is 22.9 Å². The van der Waals surface area contributed by atoms with Crippen LogP contribution in [0.25, 0.3) is 11.3 Å². The molecule has 0 aliphatic carbocycles. The topological polar surface area (TPSA) is 54.0 Å². The molecule has 0 atom stereocenters. The van der Waals surface area contributed by atoms with Crippen LogP contribution >= 0.6 is 0 Å². The third-order valence-electron chi connectivity index (χ3n) is 6.22. The number of rotatable bonds is 5. The van der Waals surface area contributed by atoms with Gasteiger partial charge in [0, 0.05) is 68.8 Å². The number of hydrogen-bond acceptors (Lipinski definition) is 5. The van der Waals surface area contributed by atoms with Crippen molar-refractivity contribution in [2.75, 3.05) is 51.8 Å². The quantitative estimate of drug-likeness (QED) is 0.750. The van der Waals surface area contributed by atoms with Gasteiger partial charge in [0.25, 0.3) is 5.91 Å². The minimum atomic E-state index is -0.371. The molecule has 1 amide bonds. The van der Waals surface area contributed by atoms with Crippen molar-refractivity contribution in [2.45, 2.75) is 13.2 Å². The number of amides is 1. The van der Waals surface area contributed by atoms with E-state index in [4.69, 9.17) is 9.47 Å². The number of hydrogen-bond donors (Lipinski definition) is 1. The van der Waals surface area contributed by atoms with Crippen molar-refractivity contribution in [1.82, 2.24) is 9.80 Å². The number of methoxy groups -OCH3 is 1. The van der Waals surface area contributed by atoms with E-state index in [1.54, 1.807) is 13.2 Å². The van der Waals surface area contributed by atoms with Gasteiger partial charge in [-0.25, -0.2) is 4.39 Å². The van der Waals surface area contributed by atoms with E-state index < -0.39 is 0 Å². The summed E-state index contributed by atoms with van der Waals surface area (Å²) in [5.41, 5.74) is 4.80. The Balaban J connectivity index is 1.33. The van der Waals surface area contributed by atoms with Crippen LogP contribution in [0.4, 0.5) is 10.1 Å². The number of nitrogens with one attached hydrogen (secondary N) is 1. The molecule has 0 radical (unpaired) electrons. The number of carbonyl (C=O) groups excluding carboxylic acids is 1. The van der Waals surface area contributed by atoms with Crippen molar-refractivity contribution in [2.24, 2.45) is 0 Å². The Bertz CT molecular complexity index is 1040. The highest BCUT2D eigenvalue weighted by atomic mass is 19.1. The molecule has 1 saturated heterocycles. The lowest BCUT2D eigenvalue weighted by atomic mass is 9.99. The highest BCUT2D eigenvalue weighted by molar-refractivity contribution is 6.36. The first-order valence-corrected chi connectivity index (χ1v) is 10.7.